The van der Waals surface area contributed by atoms with E-state index in [-0.39, 0.29) is 17.9 Å². The lowest BCUT2D eigenvalue weighted by Gasteiger charge is -2.27. The highest BCUT2D eigenvalue weighted by atomic mass is 32.1. The van der Waals surface area contributed by atoms with E-state index in [0.29, 0.717) is 19.6 Å². The van der Waals surface area contributed by atoms with Crippen molar-refractivity contribution in [2.24, 2.45) is 11.8 Å². The zero-order valence-electron chi connectivity index (χ0n) is 16.3. The third-order valence-electron chi connectivity index (χ3n) is 6.00. The van der Waals surface area contributed by atoms with Crippen LogP contribution in [0.3, 0.4) is 0 Å². The number of hydrogen-bond donors (Lipinski definition) is 0. The van der Waals surface area contributed by atoms with Gasteiger partial charge in [0.2, 0.25) is 11.8 Å². The molecule has 7 nitrogen and oxygen atoms in total. The predicted molar refractivity (Wildman–Crippen MR) is 107 cm³/mol. The number of ether oxygens (including phenoxy) is 1. The lowest BCUT2D eigenvalue weighted by atomic mass is 9.76. The molecule has 5 rings (SSSR count). The standard InChI is InChI=1S/C21H22N4O3S/c1-13-23-15(11-29-13)10-24(2)19(26)17-16-5-6-21(28-16)12-25(20(27)18(17)21)9-14-4-3-7-22-8-14/h3-8,11,16-18H,9-10,12H2,1-2H3/t16-,17+,18-,21-/m0/s1. The van der Waals surface area contributed by atoms with Crippen LogP contribution in [0.5, 0.6) is 0 Å². The maximum absolute atomic E-state index is 13.3. The Morgan fingerprint density at radius 3 is 3.07 bits per heavy atom. The minimum absolute atomic E-state index is 0.0167. The molecule has 0 N–H and O–H groups in total. The first-order valence-electron chi connectivity index (χ1n) is 9.68. The number of rotatable bonds is 5. The minimum Gasteiger partial charge on any atom is -0.360 e. The van der Waals surface area contributed by atoms with E-state index in [4.69, 9.17) is 4.74 Å². The highest BCUT2D eigenvalue weighted by Crippen LogP contribution is 2.52. The fourth-order valence-corrected chi connectivity index (χ4v) is 5.37. The Morgan fingerprint density at radius 2 is 2.34 bits per heavy atom. The van der Waals surface area contributed by atoms with Crippen LogP contribution in [0, 0.1) is 18.8 Å². The molecule has 2 bridgehead atoms. The molecule has 0 aliphatic carbocycles. The van der Waals surface area contributed by atoms with Gasteiger partial charge in [-0.05, 0) is 18.6 Å². The van der Waals surface area contributed by atoms with Crippen molar-refractivity contribution in [2.75, 3.05) is 13.6 Å². The Balaban J connectivity index is 1.36. The van der Waals surface area contributed by atoms with Gasteiger partial charge in [-0.1, -0.05) is 18.2 Å². The molecule has 8 heteroatoms. The van der Waals surface area contributed by atoms with Gasteiger partial charge in [0.25, 0.3) is 0 Å². The number of aromatic nitrogens is 2. The Kier molecular flexibility index (Phi) is 4.29. The van der Waals surface area contributed by atoms with E-state index in [2.05, 4.69) is 9.97 Å². The monoisotopic (exact) mass is 410 g/mol. The highest BCUT2D eigenvalue weighted by molar-refractivity contribution is 7.09. The second-order valence-electron chi connectivity index (χ2n) is 8.01. The van der Waals surface area contributed by atoms with E-state index in [1.807, 2.05) is 36.6 Å². The first-order valence-corrected chi connectivity index (χ1v) is 10.6. The zero-order valence-corrected chi connectivity index (χ0v) is 17.1. The highest BCUT2D eigenvalue weighted by Gasteiger charge is 2.67. The molecule has 0 unspecified atom stereocenters. The van der Waals surface area contributed by atoms with Gasteiger partial charge in [0.1, 0.15) is 5.60 Å². The molecule has 1 spiro atoms. The van der Waals surface area contributed by atoms with Crippen molar-refractivity contribution < 1.29 is 14.3 Å². The second-order valence-corrected chi connectivity index (χ2v) is 9.07. The van der Waals surface area contributed by atoms with Crippen molar-refractivity contribution >= 4 is 23.2 Å². The lowest BCUT2D eigenvalue weighted by Crippen LogP contribution is -2.44. The summed E-state index contributed by atoms with van der Waals surface area (Å²) in [6.45, 7) is 3.32. The molecule has 2 saturated heterocycles. The van der Waals surface area contributed by atoms with Crippen LogP contribution in [0.2, 0.25) is 0 Å². The average Bonchev–Trinajstić information content (AvgIpc) is 3.44. The fraction of sp³-hybridized carbons (Fsp3) is 0.429. The molecule has 3 aliphatic rings. The molecule has 150 valence electrons. The van der Waals surface area contributed by atoms with E-state index in [9.17, 15) is 9.59 Å². The molecule has 2 amide bonds. The summed E-state index contributed by atoms with van der Waals surface area (Å²) >= 11 is 1.57. The number of aryl methyl sites for hydroxylation is 1. The summed E-state index contributed by atoms with van der Waals surface area (Å²) in [4.78, 5) is 38.6. The summed E-state index contributed by atoms with van der Waals surface area (Å²) in [5, 5.41) is 2.94. The topological polar surface area (TPSA) is 75.6 Å². The van der Waals surface area contributed by atoms with Gasteiger partial charge in [0.05, 0.1) is 41.7 Å². The minimum atomic E-state index is -0.692. The van der Waals surface area contributed by atoms with Crippen molar-refractivity contribution in [2.45, 2.75) is 31.7 Å². The maximum Gasteiger partial charge on any atom is 0.230 e. The van der Waals surface area contributed by atoms with Gasteiger partial charge in [-0.3, -0.25) is 14.6 Å². The number of likely N-dealkylation sites (tertiary alicyclic amines) is 1. The fourth-order valence-electron chi connectivity index (χ4n) is 4.76. The summed E-state index contributed by atoms with van der Waals surface area (Å²) < 4.78 is 6.21. The molecule has 4 atom stereocenters. The van der Waals surface area contributed by atoms with Crippen LogP contribution in [0.1, 0.15) is 16.3 Å². The Morgan fingerprint density at radius 1 is 1.48 bits per heavy atom. The number of nitrogens with zero attached hydrogens (tertiary/aromatic N) is 4. The molecule has 0 aromatic carbocycles. The number of thiazole rings is 1. The van der Waals surface area contributed by atoms with Crippen molar-refractivity contribution in [1.82, 2.24) is 19.8 Å². The summed E-state index contributed by atoms with van der Waals surface area (Å²) in [7, 11) is 1.77. The van der Waals surface area contributed by atoms with Gasteiger partial charge >= 0.3 is 0 Å². The normalized spacial score (nSPS) is 29.5. The van der Waals surface area contributed by atoms with Gasteiger partial charge in [-0.2, -0.15) is 0 Å². The molecule has 0 radical (unpaired) electrons. The summed E-state index contributed by atoms with van der Waals surface area (Å²) in [5.41, 5.74) is 1.14. The molecular formula is C21H22N4O3S. The number of pyridine rings is 1. The van der Waals surface area contributed by atoms with Crippen molar-refractivity contribution in [3.8, 4) is 0 Å². The van der Waals surface area contributed by atoms with E-state index < -0.39 is 17.4 Å². The first kappa shape index (κ1) is 18.4. The van der Waals surface area contributed by atoms with E-state index in [0.717, 1.165) is 16.3 Å². The van der Waals surface area contributed by atoms with Gasteiger partial charge in [-0.25, -0.2) is 4.98 Å². The lowest BCUT2D eigenvalue weighted by molar-refractivity contribution is -0.142. The summed E-state index contributed by atoms with van der Waals surface area (Å²) in [5.74, 6) is -1.04. The number of hydrogen-bond acceptors (Lipinski definition) is 6. The smallest absolute Gasteiger partial charge is 0.230 e. The Bertz CT molecular complexity index is 991. The van der Waals surface area contributed by atoms with Crippen LogP contribution in [-0.2, 0) is 27.4 Å². The largest absolute Gasteiger partial charge is 0.360 e. The quantitative estimate of drug-likeness (QED) is 0.703. The second kappa shape index (κ2) is 6.74. The van der Waals surface area contributed by atoms with E-state index >= 15 is 0 Å². The van der Waals surface area contributed by atoms with Crippen LogP contribution >= 0.6 is 11.3 Å². The Labute approximate surface area is 173 Å². The molecular weight excluding hydrogens is 388 g/mol. The first-order chi connectivity index (χ1) is 14.0. The molecule has 29 heavy (non-hydrogen) atoms. The van der Waals surface area contributed by atoms with Crippen LogP contribution in [0.15, 0.2) is 42.1 Å². The SMILES string of the molecule is Cc1nc(CN(C)C(=O)[C@@H]2[C@@H]3C=C[C@@]4(CN(Cc5cccnc5)C(=O)[C@H]24)O3)cs1. The predicted octanol–water partition coefficient (Wildman–Crippen LogP) is 1.79. The number of amides is 2. The van der Waals surface area contributed by atoms with Crippen molar-refractivity contribution in [1.29, 1.82) is 0 Å². The molecule has 0 saturated carbocycles. The van der Waals surface area contributed by atoms with Gasteiger partial charge in [-0.15, -0.1) is 11.3 Å². The van der Waals surface area contributed by atoms with Crippen molar-refractivity contribution in [3.63, 3.8) is 0 Å². The summed E-state index contributed by atoms with van der Waals surface area (Å²) in [6, 6.07) is 3.81. The van der Waals surface area contributed by atoms with Gasteiger partial charge in [0, 0.05) is 31.4 Å². The number of carbonyl (C=O) groups is 2. The molecule has 5 heterocycles. The van der Waals surface area contributed by atoms with Crippen LogP contribution in [0.25, 0.3) is 0 Å². The molecule has 3 aliphatic heterocycles. The van der Waals surface area contributed by atoms with E-state index in [1.54, 1.807) is 40.6 Å². The molecule has 2 aromatic rings. The number of carbonyl (C=O) groups excluding carboxylic acids is 2. The van der Waals surface area contributed by atoms with Gasteiger partial charge < -0.3 is 14.5 Å². The van der Waals surface area contributed by atoms with Crippen molar-refractivity contribution in [3.05, 3.63) is 58.3 Å². The zero-order chi connectivity index (χ0) is 20.2. The van der Waals surface area contributed by atoms with Crippen LogP contribution in [-0.4, -0.2) is 56.9 Å². The Hall–Kier alpha value is -2.58. The number of fused-ring (bicyclic) bond motifs is 1. The average molecular weight is 410 g/mol. The van der Waals surface area contributed by atoms with E-state index in [1.165, 1.54) is 0 Å². The third kappa shape index (κ3) is 2.98. The summed E-state index contributed by atoms with van der Waals surface area (Å²) in [6.07, 6.45) is 7.07. The molecule has 2 fully saturated rings. The van der Waals surface area contributed by atoms with Crippen LogP contribution < -0.4 is 0 Å². The van der Waals surface area contributed by atoms with Crippen LogP contribution in [0.4, 0.5) is 0 Å². The third-order valence-corrected chi connectivity index (χ3v) is 6.82. The maximum atomic E-state index is 13.3. The molecule has 2 aromatic heterocycles. The van der Waals surface area contributed by atoms with Gasteiger partial charge in [0.15, 0.2) is 0 Å².